The van der Waals surface area contributed by atoms with Gasteiger partial charge < -0.3 is 14.5 Å². The number of rotatable bonds is 8. The third-order valence-electron chi connectivity index (χ3n) is 6.81. The van der Waals surface area contributed by atoms with E-state index in [-0.39, 0.29) is 28.8 Å². The molecular weight excluding hydrogens is 462 g/mol. The van der Waals surface area contributed by atoms with Crippen molar-refractivity contribution in [2.24, 2.45) is 5.92 Å². The zero-order valence-electron chi connectivity index (χ0n) is 19.9. The number of esters is 1. The normalized spacial score (nSPS) is 21.1. The maximum absolute atomic E-state index is 12.9. The first kappa shape index (κ1) is 25.9. The largest absolute Gasteiger partial charge is 0.452 e. The van der Waals surface area contributed by atoms with Crippen molar-refractivity contribution in [3.8, 4) is 0 Å². The standard InChI is InChI=1S/C23H33N3O7S/c1-4-17(3)25(19-9-12-34(31,32)15-19)22(27)14-33-23(28)18-5-6-20(21(13-18)26(29)30)24-10-7-16(2)8-11-24/h5-6,13,16-17,19H,4,7-12,14-15H2,1-3H3/t17-,19-/m1/s1. The summed E-state index contributed by atoms with van der Waals surface area (Å²) in [7, 11) is -3.19. The molecule has 1 amide bonds. The molecule has 0 spiro atoms. The Balaban J connectivity index is 1.70. The van der Waals surface area contributed by atoms with Gasteiger partial charge in [0.1, 0.15) is 5.69 Å². The molecule has 0 radical (unpaired) electrons. The average Bonchev–Trinajstić information content (AvgIpc) is 3.16. The van der Waals surface area contributed by atoms with Crippen LogP contribution in [0.2, 0.25) is 0 Å². The number of piperidine rings is 1. The number of anilines is 1. The number of benzene rings is 1. The minimum absolute atomic E-state index is 0.00726. The average molecular weight is 496 g/mol. The number of ether oxygens (including phenoxy) is 1. The Labute approximate surface area is 200 Å². The lowest BCUT2D eigenvalue weighted by Crippen LogP contribution is -2.48. The number of carbonyl (C=O) groups excluding carboxylic acids is 2. The minimum atomic E-state index is -3.19. The van der Waals surface area contributed by atoms with Gasteiger partial charge in [-0.25, -0.2) is 13.2 Å². The Morgan fingerprint density at radius 1 is 1.26 bits per heavy atom. The van der Waals surface area contributed by atoms with Gasteiger partial charge >= 0.3 is 5.97 Å². The van der Waals surface area contributed by atoms with Crippen molar-refractivity contribution in [2.45, 2.75) is 58.5 Å². The summed E-state index contributed by atoms with van der Waals surface area (Å²) in [5.74, 6) is -0.804. The van der Waals surface area contributed by atoms with Crippen molar-refractivity contribution in [1.29, 1.82) is 0 Å². The predicted octanol–water partition coefficient (Wildman–Crippen LogP) is 2.80. The van der Waals surface area contributed by atoms with Crippen molar-refractivity contribution < 1.29 is 27.7 Å². The quantitative estimate of drug-likeness (QED) is 0.306. The lowest BCUT2D eigenvalue weighted by atomic mass is 9.98. The van der Waals surface area contributed by atoms with E-state index in [1.54, 1.807) is 6.07 Å². The van der Waals surface area contributed by atoms with Crippen LogP contribution < -0.4 is 4.90 Å². The van der Waals surface area contributed by atoms with Gasteiger partial charge in [-0.2, -0.15) is 0 Å². The highest BCUT2D eigenvalue weighted by molar-refractivity contribution is 7.91. The smallest absolute Gasteiger partial charge is 0.338 e. The first-order chi connectivity index (χ1) is 16.0. The van der Waals surface area contributed by atoms with E-state index in [0.717, 1.165) is 12.8 Å². The summed E-state index contributed by atoms with van der Waals surface area (Å²) in [4.78, 5) is 40.1. The summed E-state index contributed by atoms with van der Waals surface area (Å²) < 4.78 is 29.0. The molecule has 2 heterocycles. The molecule has 2 aliphatic heterocycles. The molecule has 10 nitrogen and oxygen atoms in total. The molecule has 0 bridgehead atoms. The second-order valence-electron chi connectivity index (χ2n) is 9.32. The molecule has 1 aromatic carbocycles. The zero-order chi connectivity index (χ0) is 25.0. The Morgan fingerprint density at radius 2 is 1.94 bits per heavy atom. The van der Waals surface area contributed by atoms with E-state index in [0.29, 0.717) is 37.5 Å². The van der Waals surface area contributed by atoms with Crippen molar-refractivity contribution in [3.63, 3.8) is 0 Å². The number of hydrogen-bond donors (Lipinski definition) is 0. The van der Waals surface area contributed by atoms with E-state index in [1.807, 2.05) is 18.7 Å². The molecule has 2 aliphatic rings. The number of amides is 1. The maximum atomic E-state index is 12.9. The fourth-order valence-corrected chi connectivity index (χ4v) is 6.31. The monoisotopic (exact) mass is 495 g/mol. The molecule has 0 aliphatic carbocycles. The van der Waals surface area contributed by atoms with Crippen LogP contribution in [-0.2, 0) is 19.4 Å². The Morgan fingerprint density at radius 3 is 2.50 bits per heavy atom. The number of hydrogen-bond acceptors (Lipinski definition) is 8. The first-order valence-electron chi connectivity index (χ1n) is 11.7. The van der Waals surface area contributed by atoms with Crippen LogP contribution in [0.1, 0.15) is 56.8 Å². The highest BCUT2D eigenvalue weighted by atomic mass is 32.2. The van der Waals surface area contributed by atoms with Gasteiger partial charge in [0.15, 0.2) is 16.4 Å². The fraction of sp³-hybridized carbons (Fsp3) is 0.652. The zero-order valence-corrected chi connectivity index (χ0v) is 20.8. The molecule has 34 heavy (non-hydrogen) atoms. The number of nitro groups is 1. The Hall–Kier alpha value is -2.69. The third kappa shape index (κ3) is 6.05. The lowest BCUT2D eigenvalue weighted by molar-refractivity contribution is -0.384. The van der Waals surface area contributed by atoms with Crippen LogP contribution in [0.15, 0.2) is 18.2 Å². The van der Waals surface area contributed by atoms with Crippen LogP contribution in [0, 0.1) is 16.0 Å². The summed E-state index contributed by atoms with van der Waals surface area (Å²) in [6, 6.07) is 3.57. The molecule has 11 heteroatoms. The van der Waals surface area contributed by atoms with Crippen molar-refractivity contribution >= 4 is 33.1 Å². The van der Waals surface area contributed by atoms with Crippen LogP contribution in [0.3, 0.4) is 0 Å². The Kier molecular flexibility index (Phi) is 8.17. The van der Waals surface area contributed by atoms with Crippen LogP contribution in [0.25, 0.3) is 0 Å². The molecule has 188 valence electrons. The van der Waals surface area contributed by atoms with Gasteiger partial charge in [-0.15, -0.1) is 0 Å². The molecule has 0 unspecified atom stereocenters. The van der Waals surface area contributed by atoms with Gasteiger partial charge in [0.25, 0.3) is 11.6 Å². The van der Waals surface area contributed by atoms with Gasteiger partial charge in [-0.1, -0.05) is 13.8 Å². The van der Waals surface area contributed by atoms with Crippen molar-refractivity contribution in [2.75, 3.05) is 36.1 Å². The highest BCUT2D eigenvalue weighted by Crippen LogP contribution is 2.32. The van der Waals surface area contributed by atoms with Crippen LogP contribution in [0.5, 0.6) is 0 Å². The molecule has 0 aromatic heterocycles. The first-order valence-corrected chi connectivity index (χ1v) is 13.6. The van der Waals surface area contributed by atoms with Gasteiger partial charge in [0.05, 0.1) is 22.0 Å². The fourth-order valence-electron chi connectivity index (χ4n) is 4.60. The summed E-state index contributed by atoms with van der Waals surface area (Å²) >= 11 is 0. The SMILES string of the molecule is CC[C@@H](C)N(C(=O)COC(=O)c1ccc(N2CCC(C)CC2)c([N+](=O)[O-])c1)[C@@H]1CCS(=O)(=O)C1. The van der Waals surface area contributed by atoms with E-state index >= 15 is 0 Å². The van der Waals surface area contributed by atoms with Crippen molar-refractivity contribution in [1.82, 2.24) is 4.90 Å². The van der Waals surface area contributed by atoms with E-state index < -0.39 is 39.3 Å². The van der Waals surface area contributed by atoms with E-state index in [4.69, 9.17) is 4.74 Å². The summed E-state index contributed by atoms with van der Waals surface area (Å²) in [6.45, 7) is 6.74. The molecular formula is C23H33N3O7S. The third-order valence-corrected chi connectivity index (χ3v) is 8.56. The summed E-state index contributed by atoms with van der Waals surface area (Å²) in [5.41, 5.74) is 0.287. The van der Waals surface area contributed by atoms with Gasteiger partial charge in [0.2, 0.25) is 0 Å². The topological polar surface area (TPSA) is 127 Å². The summed E-state index contributed by atoms with van der Waals surface area (Å²) in [6.07, 6.45) is 2.87. The number of sulfone groups is 1. The van der Waals surface area contributed by atoms with E-state index in [1.165, 1.54) is 17.0 Å². The van der Waals surface area contributed by atoms with E-state index in [2.05, 4.69) is 6.92 Å². The maximum Gasteiger partial charge on any atom is 0.338 e. The molecule has 2 atom stereocenters. The Bertz CT molecular complexity index is 1030. The van der Waals surface area contributed by atoms with Crippen molar-refractivity contribution in [3.05, 3.63) is 33.9 Å². The minimum Gasteiger partial charge on any atom is -0.452 e. The number of carbonyl (C=O) groups is 2. The number of nitro benzene ring substituents is 1. The van der Waals surface area contributed by atoms with E-state index in [9.17, 15) is 28.1 Å². The molecule has 2 fully saturated rings. The second kappa shape index (κ2) is 10.7. The number of nitrogens with zero attached hydrogens (tertiary/aromatic N) is 3. The molecule has 3 rings (SSSR count). The molecule has 0 N–H and O–H groups in total. The van der Waals surface area contributed by atoms with Crippen LogP contribution in [-0.4, -0.2) is 73.4 Å². The predicted molar refractivity (Wildman–Crippen MR) is 128 cm³/mol. The van der Waals surface area contributed by atoms with Gasteiger partial charge in [-0.05, 0) is 50.7 Å². The van der Waals surface area contributed by atoms with Gasteiger partial charge in [0, 0.05) is 31.2 Å². The van der Waals surface area contributed by atoms with Crippen LogP contribution >= 0.6 is 0 Å². The molecule has 0 saturated carbocycles. The van der Waals surface area contributed by atoms with Crippen LogP contribution in [0.4, 0.5) is 11.4 Å². The second-order valence-corrected chi connectivity index (χ2v) is 11.6. The lowest BCUT2D eigenvalue weighted by Gasteiger charge is -2.33. The summed E-state index contributed by atoms with van der Waals surface area (Å²) in [5, 5.41) is 11.7. The van der Waals surface area contributed by atoms with Gasteiger partial charge in [-0.3, -0.25) is 14.9 Å². The highest BCUT2D eigenvalue weighted by Gasteiger charge is 2.37. The molecule has 1 aromatic rings. The molecule has 2 saturated heterocycles.